The number of para-hydroxylation sites is 2. The highest BCUT2D eigenvalue weighted by atomic mass is 16.3. The summed E-state index contributed by atoms with van der Waals surface area (Å²) < 4.78 is 0. The number of benzene rings is 1. The topological polar surface area (TPSA) is 64.6 Å². The predicted octanol–water partition coefficient (Wildman–Crippen LogP) is 2.43. The number of carbonyl (C=O) groups is 1. The molecule has 2 rings (SSSR count). The van der Waals surface area contributed by atoms with Crippen molar-refractivity contribution in [1.29, 1.82) is 0 Å². The number of rotatable bonds is 5. The lowest BCUT2D eigenvalue weighted by molar-refractivity contribution is 0.133. The molecule has 0 bridgehead atoms. The van der Waals surface area contributed by atoms with Gasteiger partial charge in [0.25, 0.3) is 0 Å². The molecule has 0 aromatic heterocycles. The second-order valence-electron chi connectivity index (χ2n) is 5.62. The lowest BCUT2D eigenvalue weighted by atomic mass is 10.1. The van der Waals surface area contributed by atoms with Gasteiger partial charge in [-0.15, -0.1) is 0 Å². The largest absolute Gasteiger partial charge is 0.393 e. The van der Waals surface area contributed by atoms with Gasteiger partial charge in [-0.1, -0.05) is 18.6 Å². The summed E-state index contributed by atoms with van der Waals surface area (Å²) >= 11 is 0. The minimum absolute atomic E-state index is 0.185. The van der Waals surface area contributed by atoms with Gasteiger partial charge in [-0.3, -0.25) is 0 Å². The summed E-state index contributed by atoms with van der Waals surface area (Å²) in [4.78, 5) is 14.1. The highest BCUT2D eigenvalue weighted by Gasteiger charge is 2.25. The molecule has 2 atom stereocenters. The standard InChI is InChI=1S/C16H25N3O2/c1-3-19(2)14-9-5-4-8-13(14)18-16(21)17-11-12-7-6-10-15(12)20/h4-5,8-9,12,15,20H,3,6-7,10-11H2,1-2H3,(H2,17,18,21)/t12-,15-/m1/s1. The third-order valence-electron chi connectivity index (χ3n) is 4.18. The van der Waals surface area contributed by atoms with E-state index in [2.05, 4.69) is 22.5 Å². The van der Waals surface area contributed by atoms with Crippen LogP contribution in [-0.4, -0.2) is 37.4 Å². The molecule has 0 radical (unpaired) electrons. The van der Waals surface area contributed by atoms with E-state index in [4.69, 9.17) is 0 Å². The Labute approximate surface area is 126 Å². The van der Waals surface area contributed by atoms with E-state index in [9.17, 15) is 9.90 Å². The van der Waals surface area contributed by atoms with Crippen LogP contribution in [0.1, 0.15) is 26.2 Å². The first kappa shape index (κ1) is 15.6. The minimum atomic E-state index is -0.274. The first-order chi connectivity index (χ1) is 10.1. The summed E-state index contributed by atoms with van der Waals surface area (Å²) in [5, 5.41) is 15.5. The smallest absolute Gasteiger partial charge is 0.319 e. The monoisotopic (exact) mass is 291 g/mol. The number of aliphatic hydroxyl groups excluding tert-OH is 1. The van der Waals surface area contributed by atoms with Gasteiger partial charge in [0.05, 0.1) is 17.5 Å². The lowest BCUT2D eigenvalue weighted by Crippen LogP contribution is -2.35. The van der Waals surface area contributed by atoms with Gasteiger partial charge in [0.15, 0.2) is 0 Å². The Morgan fingerprint density at radius 3 is 2.81 bits per heavy atom. The third-order valence-corrected chi connectivity index (χ3v) is 4.18. The summed E-state index contributed by atoms with van der Waals surface area (Å²) in [5.41, 5.74) is 1.79. The first-order valence-corrected chi connectivity index (χ1v) is 7.65. The number of hydrogen-bond acceptors (Lipinski definition) is 3. The van der Waals surface area contributed by atoms with E-state index < -0.39 is 0 Å². The van der Waals surface area contributed by atoms with E-state index in [0.717, 1.165) is 37.2 Å². The molecular weight excluding hydrogens is 266 g/mol. The maximum atomic E-state index is 12.0. The molecule has 1 fully saturated rings. The average molecular weight is 291 g/mol. The van der Waals surface area contributed by atoms with E-state index in [1.165, 1.54) is 0 Å². The Morgan fingerprint density at radius 1 is 1.38 bits per heavy atom. The Kier molecular flexibility index (Phi) is 5.44. The zero-order valence-corrected chi connectivity index (χ0v) is 12.8. The summed E-state index contributed by atoms with van der Waals surface area (Å²) in [6.07, 6.45) is 2.59. The van der Waals surface area contributed by atoms with Crippen LogP contribution in [0.3, 0.4) is 0 Å². The van der Waals surface area contributed by atoms with Crippen LogP contribution in [0.5, 0.6) is 0 Å². The molecule has 0 saturated heterocycles. The van der Waals surface area contributed by atoms with Crippen LogP contribution in [0.4, 0.5) is 16.2 Å². The van der Waals surface area contributed by atoms with E-state index >= 15 is 0 Å². The average Bonchev–Trinajstić information content (AvgIpc) is 2.90. The number of amides is 2. The minimum Gasteiger partial charge on any atom is -0.393 e. The van der Waals surface area contributed by atoms with Gasteiger partial charge >= 0.3 is 6.03 Å². The molecule has 5 heteroatoms. The molecule has 116 valence electrons. The van der Waals surface area contributed by atoms with Crippen LogP contribution >= 0.6 is 0 Å². The zero-order valence-electron chi connectivity index (χ0n) is 12.8. The van der Waals surface area contributed by atoms with Gasteiger partial charge in [-0.2, -0.15) is 0 Å². The third kappa shape index (κ3) is 4.11. The number of anilines is 2. The van der Waals surface area contributed by atoms with Crippen LogP contribution in [0, 0.1) is 5.92 Å². The van der Waals surface area contributed by atoms with E-state index in [1.54, 1.807) is 0 Å². The number of nitrogens with zero attached hydrogens (tertiary/aromatic N) is 1. The van der Waals surface area contributed by atoms with Crippen LogP contribution in [0.25, 0.3) is 0 Å². The molecule has 1 aliphatic rings. The molecule has 3 N–H and O–H groups in total. The van der Waals surface area contributed by atoms with E-state index in [0.29, 0.717) is 6.54 Å². The van der Waals surface area contributed by atoms with Gasteiger partial charge in [0.2, 0.25) is 0 Å². The van der Waals surface area contributed by atoms with Crippen molar-refractivity contribution in [2.24, 2.45) is 5.92 Å². The Hall–Kier alpha value is -1.75. The summed E-state index contributed by atoms with van der Waals surface area (Å²) in [6, 6.07) is 7.53. The summed E-state index contributed by atoms with van der Waals surface area (Å²) in [6.45, 7) is 3.46. The van der Waals surface area contributed by atoms with Crippen molar-refractivity contribution in [2.45, 2.75) is 32.3 Å². The molecule has 1 aromatic carbocycles. The van der Waals surface area contributed by atoms with Gasteiger partial charge in [-0.05, 0) is 31.9 Å². The molecule has 0 heterocycles. The molecule has 1 aliphatic carbocycles. The number of carbonyl (C=O) groups excluding carboxylic acids is 1. The Bertz CT molecular complexity index is 478. The normalized spacial score (nSPS) is 21.1. The van der Waals surface area contributed by atoms with Crippen molar-refractivity contribution in [2.75, 3.05) is 30.4 Å². The second-order valence-corrected chi connectivity index (χ2v) is 5.62. The summed E-state index contributed by atoms with van der Waals surface area (Å²) in [5.74, 6) is 0.185. The SMILES string of the molecule is CCN(C)c1ccccc1NC(=O)NC[C@H]1CCC[C@H]1O. The van der Waals surface area contributed by atoms with Gasteiger partial charge in [0.1, 0.15) is 0 Å². The van der Waals surface area contributed by atoms with E-state index in [1.807, 2.05) is 31.3 Å². The molecule has 0 unspecified atom stereocenters. The van der Waals surface area contributed by atoms with Crippen molar-refractivity contribution in [3.63, 3.8) is 0 Å². The Morgan fingerprint density at radius 2 is 2.14 bits per heavy atom. The molecule has 1 aromatic rings. The van der Waals surface area contributed by atoms with Gasteiger partial charge in [-0.25, -0.2) is 4.79 Å². The summed E-state index contributed by atoms with van der Waals surface area (Å²) in [7, 11) is 1.99. The van der Waals surface area contributed by atoms with E-state index in [-0.39, 0.29) is 18.1 Å². The highest BCUT2D eigenvalue weighted by molar-refractivity contribution is 5.93. The Balaban J connectivity index is 1.90. The molecule has 1 saturated carbocycles. The van der Waals surface area contributed by atoms with Gasteiger partial charge in [0, 0.05) is 26.1 Å². The number of hydrogen-bond donors (Lipinski definition) is 3. The molecule has 0 aliphatic heterocycles. The first-order valence-electron chi connectivity index (χ1n) is 7.65. The predicted molar refractivity (Wildman–Crippen MR) is 85.8 cm³/mol. The van der Waals surface area contributed by atoms with Crippen molar-refractivity contribution < 1.29 is 9.90 Å². The molecular formula is C16H25N3O2. The van der Waals surface area contributed by atoms with Crippen molar-refractivity contribution in [3.8, 4) is 0 Å². The fraction of sp³-hybridized carbons (Fsp3) is 0.562. The van der Waals surface area contributed by atoms with Crippen molar-refractivity contribution >= 4 is 17.4 Å². The number of aliphatic hydroxyl groups is 1. The van der Waals surface area contributed by atoms with Gasteiger partial charge < -0.3 is 20.6 Å². The van der Waals surface area contributed by atoms with Crippen molar-refractivity contribution in [3.05, 3.63) is 24.3 Å². The van der Waals surface area contributed by atoms with Crippen LogP contribution in [-0.2, 0) is 0 Å². The van der Waals surface area contributed by atoms with Crippen LogP contribution in [0.15, 0.2) is 24.3 Å². The van der Waals surface area contributed by atoms with Crippen molar-refractivity contribution in [1.82, 2.24) is 5.32 Å². The lowest BCUT2D eigenvalue weighted by Gasteiger charge is -2.21. The fourth-order valence-corrected chi connectivity index (χ4v) is 2.73. The second kappa shape index (κ2) is 7.31. The maximum absolute atomic E-state index is 12.0. The number of nitrogens with one attached hydrogen (secondary N) is 2. The molecule has 0 spiro atoms. The quantitative estimate of drug-likeness (QED) is 0.780. The zero-order chi connectivity index (χ0) is 15.2. The number of urea groups is 1. The maximum Gasteiger partial charge on any atom is 0.319 e. The molecule has 2 amide bonds. The highest BCUT2D eigenvalue weighted by Crippen LogP contribution is 2.25. The fourth-order valence-electron chi connectivity index (χ4n) is 2.73. The molecule has 5 nitrogen and oxygen atoms in total. The molecule has 21 heavy (non-hydrogen) atoms. The van der Waals surface area contributed by atoms with Crippen LogP contribution < -0.4 is 15.5 Å². The van der Waals surface area contributed by atoms with Crippen LogP contribution in [0.2, 0.25) is 0 Å².